The van der Waals surface area contributed by atoms with Gasteiger partial charge in [-0.25, -0.2) is 4.79 Å². The summed E-state index contributed by atoms with van der Waals surface area (Å²) in [5.41, 5.74) is 0.161. The molecule has 0 bridgehead atoms. The van der Waals surface area contributed by atoms with E-state index in [1.165, 1.54) is 12.3 Å². The van der Waals surface area contributed by atoms with Crippen LogP contribution >= 0.6 is 0 Å². The van der Waals surface area contributed by atoms with Crippen LogP contribution in [-0.4, -0.2) is 52.4 Å². The van der Waals surface area contributed by atoms with Crippen LogP contribution in [0, 0.1) is 0 Å². The van der Waals surface area contributed by atoms with Crippen molar-refractivity contribution < 1.29 is 9.90 Å². The van der Waals surface area contributed by atoms with Gasteiger partial charge in [-0.15, -0.1) is 5.10 Å². The van der Waals surface area contributed by atoms with E-state index in [1.807, 2.05) is 0 Å². The quantitative estimate of drug-likeness (QED) is 0.697. The maximum atomic E-state index is 11.0. The number of hydrogen-bond donors (Lipinski definition) is 2. The summed E-state index contributed by atoms with van der Waals surface area (Å²) >= 11 is 0. The summed E-state index contributed by atoms with van der Waals surface area (Å²) in [6.45, 7) is 6.06. The zero-order valence-corrected chi connectivity index (χ0v) is 11.8. The van der Waals surface area contributed by atoms with E-state index in [1.54, 1.807) is 0 Å². The molecule has 0 spiro atoms. The summed E-state index contributed by atoms with van der Waals surface area (Å²) in [7, 11) is 2.10. The molecule has 0 amide bonds. The molecule has 0 aromatic carbocycles. The van der Waals surface area contributed by atoms with Crippen LogP contribution in [0.4, 0.5) is 5.82 Å². The average Bonchev–Trinajstić information content (AvgIpc) is 2.38. The third-order valence-electron chi connectivity index (χ3n) is 3.06. The summed E-state index contributed by atoms with van der Waals surface area (Å²) in [5.74, 6) is -0.649. The van der Waals surface area contributed by atoms with Gasteiger partial charge in [0.05, 0.1) is 6.20 Å². The van der Waals surface area contributed by atoms with Crippen LogP contribution in [0.15, 0.2) is 12.3 Å². The first-order valence-electron chi connectivity index (χ1n) is 6.51. The van der Waals surface area contributed by atoms with Crippen LogP contribution in [0.1, 0.15) is 37.0 Å². The van der Waals surface area contributed by atoms with Gasteiger partial charge in [-0.05, 0) is 46.3 Å². The zero-order chi connectivity index (χ0) is 14.3. The third-order valence-corrected chi connectivity index (χ3v) is 3.06. The maximum Gasteiger partial charge on any atom is 0.339 e. The Hall–Kier alpha value is -1.69. The van der Waals surface area contributed by atoms with Crippen molar-refractivity contribution in [2.45, 2.75) is 32.7 Å². The van der Waals surface area contributed by atoms with E-state index in [0.29, 0.717) is 18.4 Å². The number of carboxylic acid groups (broad SMARTS) is 1. The fourth-order valence-corrected chi connectivity index (χ4v) is 1.59. The molecule has 1 aromatic heterocycles. The molecule has 106 valence electrons. The minimum Gasteiger partial charge on any atom is -0.478 e. The highest BCUT2D eigenvalue weighted by atomic mass is 16.4. The van der Waals surface area contributed by atoms with Gasteiger partial charge >= 0.3 is 5.97 Å². The molecule has 1 aromatic rings. The molecule has 0 saturated heterocycles. The number of anilines is 1. The van der Waals surface area contributed by atoms with Gasteiger partial charge in [0.15, 0.2) is 5.82 Å². The summed E-state index contributed by atoms with van der Waals surface area (Å²) in [6.07, 6.45) is 3.41. The Morgan fingerprint density at radius 3 is 2.84 bits per heavy atom. The number of hydrogen-bond acceptors (Lipinski definition) is 5. The summed E-state index contributed by atoms with van der Waals surface area (Å²) in [5, 5.41) is 19.5. The number of carboxylic acids is 1. The van der Waals surface area contributed by atoms with E-state index in [9.17, 15) is 4.79 Å². The first-order chi connectivity index (χ1) is 9.02. The lowest BCUT2D eigenvalue weighted by Crippen LogP contribution is -2.27. The van der Waals surface area contributed by atoms with E-state index >= 15 is 0 Å². The second-order valence-corrected chi connectivity index (χ2v) is 4.81. The second-order valence-electron chi connectivity index (χ2n) is 4.81. The standard InChI is InChI=1S/C13H22N4O2/c1-10(2)17(3)9-5-4-7-14-12-11(13(18)19)6-8-15-16-12/h6,8,10H,4-5,7,9H2,1-3H3,(H,14,16)(H,18,19). The Bertz CT molecular complexity index is 409. The van der Waals surface area contributed by atoms with Crippen LogP contribution < -0.4 is 5.32 Å². The Labute approximate surface area is 113 Å². The molecular weight excluding hydrogens is 244 g/mol. The zero-order valence-electron chi connectivity index (χ0n) is 11.8. The highest BCUT2D eigenvalue weighted by molar-refractivity contribution is 5.92. The van der Waals surface area contributed by atoms with Gasteiger partial charge in [0, 0.05) is 12.6 Å². The molecule has 0 aliphatic carbocycles. The molecule has 6 heteroatoms. The summed E-state index contributed by atoms with van der Waals surface area (Å²) in [6, 6.07) is 2.00. The number of carbonyl (C=O) groups is 1. The molecule has 0 aliphatic heterocycles. The lowest BCUT2D eigenvalue weighted by atomic mass is 10.2. The minimum absolute atomic E-state index is 0.161. The SMILES string of the molecule is CC(C)N(C)CCCCNc1nnccc1C(=O)O. The average molecular weight is 266 g/mol. The lowest BCUT2D eigenvalue weighted by molar-refractivity contribution is 0.0697. The fourth-order valence-electron chi connectivity index (χ4n) is 1.59. The Balaban J connectivity index is 2.32. The fraction of sp³-hybridized carbons (Fsp3) is 0.615. The van der Waals surface area contributed by atoms with E-state index < -0.39 is 5.97 Å². The smallest absolute Gasteiger partial charge is 0.339 e. The van der Waals surface area contributed by atoms with Crippen molar-refractivity contribution in [3.8, 4) is 0 Å². The molecule has 0 radical (unpaired) electrons. The summed E-state index contributed by atoms with van der Waals surface area (Å²) < 4.78 is 0. The van der Waals surface area contributed by atoms with E-state index in [0.717, 1.165) is 19.4 Å². The number of aromatic nitrogens is 2. The van der Waals surface area contributed by atoms with Crippen molar-refractivity contribution in [1.29, 1.82) is 0 Å². The topological polar surface area (TPSA) is 78.3 Å². The van der Waals surface area contributed by atoms with Crippen molar-refractivity contribution in [3.05, 3.63) is 17.8 Å². The second kappa shape index (κ2) is 7.68. The van der Waals surface area contributed by atoms with Crippen LogP contribution in [0.3, 0.4) is 0 Å². The number of aromatic carboxylic acids is 1. The number of nitrogens with one attached hydrogen (secondary N) is 1. The molecule has 0 saturated carbocycles. The predicted octanol–water partition coefficient (Wildman–Crippen LogP) is 1.71. The highest BCUT2D eigenvalue weighted by Gasteiger charge is 2.10. The first-order valence-corrected chi connectivity index (χ1v) is 6.51. The maximum absolute atomic E-state index is 11.0. The highest BCUT2D eigenvalue weighted by Crippen LogP contribution is 2.10. The molecule has 2 N–H and O–H groups in total. The van der Waals surface area contributed by atoms with Gasteiger partial charge in [-0.1, -0.05) is 0 Å². The Kier molecular flexibility index (Phi) is 6.21. The van der Waals surface area contributed by atoms with Crippen molar-refractivity contribution in [2.24, 2.45) is 0 Å². The van der Waals surface area contributed by atoms with E-state index in [-0.39, 0.29) is 5.56 Å². The predicted molar refractivity (Wildman–Crippen MR) is 74.5 cm³/mol. The molecule has 0 unspecified atom stereocenters. The molecular formula is C13H22N4O2. The normalized spacial score (nSPS) is 11.0. The summed E-state index contributed by atoms with van der Waals surface area (Å²) in [4.78, 5) is 13.2. The van der Waals surface area contributed by atoms with Crippen molar-refractivity contribution >= 4 is 11.8 Å². The van der Waals surface area contributed by atoms with Crippen LogP contribution in [0.5, 0.6) is 0 Å². The lowest BCUT2D eigenvalue weighted by Gasteiger charge is -2.20. The molecule has 1 rings (SSSR count). The molecule has 1 heterocycles. The largest absolute Gasteiger partial charge is 0.478 e. The molecule has 0 atom stereocenters. The Morgan fingerprint density at radius 1 is 1.47 bits per heavy atom. The van der Waals surface area contributed by atoms with Gasteiger partial charge in [0.25, 0.3) is 0 Å². The number of nitrogens with zero attached hydrogens (tertiary/aromatic N) is 3. The number of rotatable bonds is 8. The molecule has 0 fully saturated rings. The van der Waals surface area contributed by atoms with E-state index in [4.69, 9.17) is 5.11 Å². The monoisotopic (exact) mass is 266 g/mol. The van der Waals surface area contributed by atoms with Crippen LogP contribution in [0.25, 0.3) is 0 Å². The van der Waals surface area contributed by atoms with Crippen LogP contribution in [-0.2, 0) is 0 Å². The number of unbranched alkanes of at least 4 members (excludes halogenated alkanes) is 1. The first kappa shape index (κ1) is 15.4. The third kappa shape index (κ3) is 5.21. The van der Waals surface area contributed by atoms with Gasteiger partial charge in [0.2, 0.25) is 0 Å². The van der Waals surface area contributed by atoms with Crippen LogP contribution in [0.2, 0.25) is 0 Å². The van der Waals surface area contributed by atoms with Gasteiger partial charge in [-0.3, -0.25) is 0 Å². The molecule has 19 heavy (non-hydrogen) atoms. The molecule has 0 aliphatic rings. The molecule has 6 nitrogen and oxygen atoms in total. The van der Waals surface area contributed by atoms with Crippen molar-refractivity contribution in [1.82, 2.24) is 15.1 Å². The van der Waals surface area contributed by atoms with Gasteiger partial charge in [-0.2, -0.15) is 5.10 Å². The van der Waals surface area contributed by atoms with Crippen molar-refractivity contribution in [2.75, 3.05) is 25.5 Å². The van der Waals surface area contributed by atoms with Crippen molar-refractivity contribution in [3.63, 3.8) is 0 Å². The van der Waals surface area contributed by atoms with E-state index in [2.05, 4.69) is 41.3 Å². The van der Waals surface area contributed by atoms with Gasteiger partial charge in [0.1, 0.15) is 5.56 Å². The minimum atomic E-state index is -0.989. The van der Waals surface area contributed by atoms with Gasteiger partial charge < -0.3 is 15.3 Å². The Morgan fingerprint density at radius 2 is 2.21 bits per heavy atom.